The molecule has 0 aromatic heterocycles. The molecule has 0 saturated carbocycles. The monoisotopic (exact) mass is 378 g/mol. The summed E-state index contributed by atoms with van der Waals surface area (Å²) in [4.78, 5) is 22.5. The van der Waals surface area contributed by atoms with Crippen LogP contribution in [0.1, 0.15) is 15.9 Å². The molecule has 0 amide bonds. The highest BCUT2D eigenvalue weighted by Crippen LogP contribution is 2.31. The summed E-state index contributed by atoms with van der Waals surface area (Å²) in [6.07, 6.45) is 0. The second-order valence-corrected chi connectivity index (χ2v) is 5.90. The second-order valence-electron chi connectivity index (χ2n) is 5.90. The molecule has 0 radical (unpaired) electrons. The van der Waals surface area contributed by atoms with Crippen molar-refractivity contribution in [1.29, 1.82) is 0 Å². The van der Waals surface area contributed by atoms with Crippen LogP contribution in [0.4, 0.5) is 11.4 Å². The standard InChI is InChI=1S/C21H18N2O5/c1-27-21(24)16-7-5-6-15(12-16)14-22-19-13-18(10-11-20(19)23(25)26)28-17-8-3-2-4-9-17/h2-13,22H,14H2,1H3. The predicted octanol–water partition coefficient (Wildman–Crippen LogP) is 4.79. The highest BCUT2D eigenvalue weighted by Gasteiger charge is 2.15. The average molecular weight is 378 g/mol. The Balaban J connectivity index is 1.80. The molecule has 7 nitrogen and oxygen atoms in total. The van der Waals surface area contributed by atoms with Crippen molar-refractivity contribution in [3.8, 4) is 11.5 Å². The van der Waals surface area contributed by atoms with E-state index in [4.69, 9.17) is 9.47 Å². The van der Waals surface area contributed by atoms with Crippen LogP contribution < -0.4 is 10.1 Å². The molecule has 0 unspecified atom stereocenters. The van der Waals surface area contributed by atoms with E-state index in [1.165, 1.54) is 13.2 Å². The van der Waals surface area contributed by atoms with E-state index in [0.717, 1.165) is 5.56 Å². The normalized spacial score (nSPS) is 10.2. The molecule has 3 aromatic rings. The van der Waals surface area contributed by atoms with Crippen LogP contribution in [0, 0.1) is 10.1 Å². The lowest BCUT2D eigenvalue weighted by atomic mass is 10.1. The number of nitrogens with one attached hydrogen (secondary N) is 1. The lowest BCUT2D eigenvalue weighted by Crippen LogP contribution is -2.05. The van der Waals surface area contributed by atoms with E-state index >= 15 is 0 Å². The number of nitrogens with zero attached hydrogens (tertiary/aromatic N) is 1. The summed E-state index contributed by atoms with van der Waals surface area (Å²) in [6.45, 7) is 0.292. The van der Waals surface area contributed by atoms with Gasteiger partial charge in [0.05, 0.1) is 17.6 Å². The number of benzene rings is 3. The average Bonchev–Trinajstić information content (AvgIpc) is 2.72. The van der Waals surface area contributed by atoms with Crippen LogP contribution in [0.25, 0.3) is 0 Å². The van der Waals surface area contributed by atoms with Gasteiger partial charge in [0, 0.05) is 18.7 Å². The van der Waals surface area contributed by atoms with E-state index in [1.807, 2.05) is 24.3 Å². The maximum atomic E-state index is 11.7. The lowest BCUT2D eigenvalue weighted by molar-refractivity contribution is -0.384. The zero-order valence-corrected chi connectivity index (χ0v) is 15.1. The third kappa shape index (κ3) is 4.64. The van der Waals surface area contributed by atoms with Crippen molar-refractivity contribution in [2.24, 2.45) is 0 Å². The number of carbonyl (C=O) groups is 1. The third-order valence-electron chi connectivity index (χ3n) is 3.97. The molecule has 0 atom stereocenters. The molecule has 0 aliphatic carbocycles. The molecule has 142 valence electrons. The molecular formula is C21H18N2O5. The molecule has 3 rings (SSSR count). The van der Waals surface area contributed by atoms with Gasteiger partial charge in [-0.2, -0.15) is 0 Å². The van der Waals surface area contributed by atoms with E-state index in [2.05, 4.69) is 5.32 Å². The molecule has 1 N–H and O–H groups in total. The number of hydrogen-bond donors (Lipinski definition) is 1. The summed E-state index contributed by atoms with van der Waals surface area (Å²) < 4.78 is 10.5. The zero-order chi connectivity index (χ0) is 19.9. The first-order valence-electron chi connectivity index (χ1n) is 8.49. The molecule has 28 heavy (non-hydrogen) atoms. The van der Waals surface area contributed by atoms with Crippen molar-refractivity contribution in [3.05, 3.63) is 94.0 Å². The Kier molecular flexibility index (Phi) is 5.86. The molecule has 0 bridgehead atoms. The second kappa shape index (κ2) is 8.68. The number of nitro benzene ring substituents is 1. The third-order valence-corrected chi connectivity index (χ3v) is 3.97. The number of ether oxygens (including phenoxy) is 2. The Morgan fingerprint density at radius 2 is 1.79 bits per heavy atom. The fourth-order valence-corrected chi connectivity index (χ4v) is 2.63. The SMILES string of the molecule is COC(=O)c1cccc(CNc2cc(Oc3ccccc3)ccc2[N+](=O)[O-])c1. The van der Waals surface area contributed by atoms with Crippen LogP contribution in [0.5, 0.6) is 11.5 Å². The number of esters is 1. The Morgan fingerprint density at radius 1 is 1.00 bits per heavy atom. The molecule has 0 spiro atoms. The molecule has 0 fully saturated rings. The summed E-state index contributed by atoms with van der Waals surface area (Å²) in [5.74, 6) is 0.668. The molecule has 0 aliphatic rings. The van der Waals surface area contributed by atoms with Crippen LogP contribution in [-0.2, 0) is 11.3 Å². The highest BCUT2D eigenvalue weighted by atomic mass is 16.6. The number of para-hydroxylation sites is 1. The van der Waals surface area contributed by atoms with E-state index in [-0.39, 0.29) is 5.69 Å². The van der Waals surface area contributed by atoms with Gasteiger partial charge in [0.2, 0.25) is 0 Å². The molecule has 3 aromatic carbocycles. The van der Waals surface area contributed by atoms with Gasteiger partial charge in [0.15, 0.2) is 0 Å². The van der Waals surface area contributed by atoms with Crippen LogP contribution in [0.2, 0.25) is 0 Å². The van der Waals surface area contributed by atoms with Gasteiger partial charge in [0.25, 0.3) is 5.69 Å². The Labute approximate surface area is 161 Å². The fraction of sp³-hybridized carbons (Fsp3) is 0.0952. The minimum atomic E-state index is -0.459. The first-order valence-corrected chi connectivity index (χ1v) is 8.49. The van der Waals surface area contributed by atoms with Gasteiger partial charge in [-0.15, -0.1) is 0 Å². The maximum absolute atomic E-state index is 11.7. The topological polar surface area (TPSA) is 90.7 Å². The Hall–Kier alpha value is -3.87. The van der Waals surface area contributed by atoms with Gasteiger partial charge < -0.3 is 14.8 Å². The van der Waals surface area contributed by atoms with E-state index in [0.29, 0.717) is 29.3 Å². The Morgan fingerprint density at radius 3 is 2.50 bits per heavy atom. The van der Waals surface area contributed by atoms with Gasteiger partial charge in [-0.25, -0.2) is 4.79 Å². The number of carbonyl (C=O) groups excluding carboxylic acids is 1. The largest absolute Gasteiger partial charge is 0.465 e. The lowest BCUT2D eigenvalue weighted by Gasteiger charge is -2.11. The number of rotatable bonds is 7. The van der Waals surface area contributed by atoms with Crippen LogP contribution in [0.3, 0.4) is 0 Å². The molecule has 0 saturated heterocycles. The maximum Gasteiger partial charge on any atom is 0.337 e. The smallest absolute Gasteiger partial charge is 0.337 e. The van der Waals surface area contributed by atoms with Crippen LogP contribution in [-0.4, -0.2) is 18.0 Å². The van der Waals surface area contributed by atoms with E-state index in [1.54, 1.807) is 42.5 Å². The zero-order valence-electron chi connectivity index (χ0n) is 15.1. The van der Waals surface area contributed by atoms with Gasteiger partial charge in [0.1, 0.15) is 17.2 Å². The van der Waals surface area contributed by atoms with Crippen LogP contribution in [0.15, 0.2) is 72.8 Å². The molecule has 7 heteroatoms. The van der Waals surface area contributed by atoms with Gasteiger partial charge in [-0.1, -0.05) is 30.3 Å². The van der Waals surface area contributed by atoms with E-state index < -0.39 is 10.9 Å². The minimum Gasteiger partial charge on any atom is -0.465 e. The van der Waals surface area contributed by atoms with Crippen molar-refractivity contribution in [2.45, 2.75) is 6.54 Å². The number of hydrogen-bond acceptors (Lipinski definition) is 6. The molecular weight excluding hydrogens is 360 g/mol. The van der Waals surface area contributed by atoms with Crippen molar-refractivity contribution in [2.75, 3.05) is 12.4 Å². The van der Waals surface area contributed by atoms with Gasteiger partial charge in [-0.05, 0) is 35.9 Å². The first kappa shape index (κ1) is 18.9. The molecule has 0 heterocycles. The predicted molar refractivity (Wildman–Crippen MR) is 105 cm³/mol. The summed E-state index contributed by atoms with van der Waals surface area (Å²) in [6, 6.07) is 20.5. The van der Waals surface area contributed by atoms with E-state index in [9.17, 15) is 14.9 Å². The van der Waals surface area contributed by atoms with Crippen molar-refractivity contribution >= 4 is 17.3 Å². The van der Waals surface area contributed by atoms with Gasteiger partial charge >= 0.3 is 5.97 Å². The van der Waals surface area contributed by atoms with Crippen molar-refractivity contribution < 1.29 is 19.2 Å². The Bertz CT molecular complexity index is 989. The fourth-order valence-electron chi connectivity index (χ4n) is 2.63. The van der Waals surface area contributed by atoms with Crippen molar-refractivity contribution in [3.63, 3.8) is 0 Å². The molecule has 0 aliphatic heterocycles. The summed E-state index contributed by atoms with van der Waals surface area (Å²) in [7, 11) is 1.31. The number of methoxy groups -OCH3 is 1. The quantitative estimate of drug-likeness (QED) is 0.361. The number of nitro groups is 1. The summed E-state index contributed by atoms with van der Waals surface area (Å²) >= 11 is 0. The summed E-state index contributed by atoms with van der Waals surface area (Å²) in [5.41, 5.74) is 1.45. The summed E-state index contributed by atoms with van der Waals surface area (Å²) in [5, 5.41) is 14.4. The highest BCUT2D eigenvalue weighted by molar-refractivity contribution is 5.89. The minimum absolute atomic E-state index is 0.0652. The number of anilines is 1. The van der Waals surface area contributed by atoms with Crippen molar-refractivity contribution in [1.82, 2.24) is 0 Å². The first-order chi connectivity index (χ1) is 13.6. The van der Waals surface area contributed by atoms with Crippen LogP contribution >= 0.6 is 0 Å². The van der Waals surface area contributed by atoms with Gasteiger partial charge in [-0.3, -0.25) is 10.1 Å².